The molecule has 1 atom stereocenters. The summed E-state index contributed by atoms with van der Waals surface area (Å²) in [4.78, 5) is 24.8. The van der Waals surface area contributed by atoms with Gasteiger partial charge in [-0.2, -0.15) is 11.8 Å². The minimum atomic E-state index is -0.975. The molecule has 18 heavy (non-hydrogen) atoms. The van der Waals surface area contributed by atoms with Crippen LogP contribution in [0.3, 0.4) is 0 Å². The van der Waals surface area contributed by atoms with Crippen LogP contribution in [0.15, 0.2) is 24.3 Å². The van der Waals surface area contributed by atoms with Gasteiger partial charge in [0, 0.05) is 29.7 Å². The molecule has 5 heteroatoms. The molecule has 0 aromatic heterocycles. The fourth-order valence-corrected chi connectivity index (χ4v) is 2.95. The Balaban J connectivity index is 2.10. The third-order valence-corrected chi connectivity index (χ3v) is 4.04. The van der Waals surface area contributed by atoms with Crippen LogP contribution in [0.25, 0.3) is 0 Å². The molecule has 96 valence electrons. The van der Waals surface area contributed by atoms with Crippen molar-refractivity contribution in [3.63, 3.8) is 0 Å². The molecule has 1 aromatic rings. The van der Waals surface area contributed by atoms with Gasteiger partial charge in [0.25, 0.3) is 5.91 Å². The van der Waals surface area contributed by atoms with E-state index in [1.807, 2.05) is 16.7 Å². The Morgan fingerprint density at radius 1 is 1.28 bits per heavy atom. The van der Waals surface area contributed by atoms with E-state index in [9.17, 15) is 9.59 Å². The summed E-state index contributed by atoms with van der Waals surface area (Å²) < 4.78 is 0. The highest BCUT2D eigenvalue weighted by Gasteiger charge is 2.22. The Labute approximate surface area is 110 Å². The molecule has 0 saturated carbocycles. The van der Waals surface area contributed by atoms with Crippen LogP contribution in [0.1, 0.15) is 27.6 Å². The highest BCUT2D eigenvalue weighted by Crippen LogP contribution is 2.19. The summed E-state index contributed by atoms with van der Waals surface area (Å²) in [6.07, 6.45) is 0. The van der Waals surface area contributed by atoms with Gasteiger partial charge in [-0.05, 0) is 24.3 Å². The molecular weight excluding hydrogens is 250 g/mol. The molecule has 1 unspecified atom stereocenters. The number of aromatic carboxylic acids is 1. The molecule has 1 aliphatic heterocycles. The molecule has 1 heterocycles. The molecule has 0 aliphatic carbocycles. The van der Waals surface area contributed by atoms with E-state index in [-0.39, 0.29) is 11.5 Å². The third kappa shape index (κ3) is 2.85. The molecule has 2 rings (SSSR count). The molecule has 0 radical (unpaired) electrons. The maximum absolute atomic E-state index is 12.2. The van der Waals surface area contributed by atoms with Gasteiger partial charge in [-0.15, -0.1) is 0 Å². The molecule has 0 spiro atoms. The third-order valence-electron chi connectivity index (χ3n) is 2.91. The van der Waals surface area contributed by atoms with Gasteiger partial charge in [0.1, 0.15) is 0 Å². The van der Waals surface area contributed by atoms with Gasteiger partial charge in [0.15, 0.2) is 0 Å². The molecule has 4 nitrogen and oxygen atoms in total. The molecule has 1 N–H and O–H groups in total. The van der Waals surface area contributed by atoms with E-state index < -0.39 is 5.97 Å². The number of carboxylic acids is 1. The van der Waals surface area contributed by atoms with Gasteiger partial charge < -0.3 is 10.0 Å². The van der Waals surface area contributed by atoms with E-state index in [1.54, 1.807) is 12.1 Å². The zero-order chi connectivity index (χ0) is 13.1. The van der Waals surface area contributed by atoms with E-state index >= 15 is 0 Å². The standard InChI is InChI=1S/C13H15NO3S/c1-9-8-14(6-7-18-9)12(15)10-2-4-11(5-3-10)13(16)17/h2-5,9H,6-8H2,1H3,(H,16,17). The van der Waals surface area contributed by atoms with E-state index in [4.69, 9.17) is 5.11 Å². The van der Waals surface area contributed by atoms with Crippen molar-refractivity contribution in [2.75, 3.05) is 18.8 Å². The minimum Gasteiger partial charge on any atom is -0.478 e. The van der Waals surface area contributed by atoms with Crippen molar-refractivity contribution in [1.29, 1.82) is 0 Å². The lowest BCUT2D eigenvalue weighted by Gasteiger charge is -2.30. The molecule has 1 saturated heterocycles. The van der Waals surface area contributed by atoms with Crippen LogP contribution in [0.2, 0.25) is 0 Å². The SMILES string of the molecule is CC1CN(C(=O)c2ccc(C(=O)O)cc2)CCS1. The van der Waals surface area contributed by atoms with Crippen LogP contribution in [-0.2, 0) is 0 Å². The van der Waals surface area contributed by atoms with Crippen LogP contribution >= 0.6 is 11.8 Å². The fourth-order valence-electron chi connectivity index (χ4n) is 1.94. The largest absolute Gasteiger partial charge is 0.478 e. The van der Waals surface area contributed by atoms with Gasteiger partial charge in [-0.25, -0.2) is 4.79 Å². The van der Waals surface area contributed by atoms with Crippen molar-refractivity contribution in [2.45, 2.75) is 12.2 Å². The number of amides is 1. The predicted molar refractivity (Wildman–Crippen MR) is 71.2 cm³/mol. The number of carboxylic acid groups (broad SMARTS) is 1. The first kappa shape index (κ1) is 13.0. The molecule has 1 aromatic carbocycles. The highest BCUT2D eigenvalue weighted by atomic mass is 32.2. The monoisotopic (exact) mass is 265 g/mol. The maximum Gasteiger partial charge on any atom is 0.335 e. The summed E-state index contributed by atoms with van der Waals surface area (Å²) in [5.41, 5.74) is 0.758. The van der Waals surface area contributed by atoms with Crippen molar-refractivity contribution in [1.82, 2.24) is 4.90 Å². The number of carbonyl (C=O) groups excluding carboxylic acids is 1. The summed E-state index contributed by atoms with van der Waals surface area (Å²) in [6.45, 7) is 3.62. The maximum atomic E-state index is 12.2. The first-order chi connectivity index (χ1) is 8.58. The summed E-state index contributed by atoms with van der Waals surface area (Å²) >= 11 is 1.87. The summed E-state index contributed by atoms with van der Waals surface area (Å²) in [5.74, 6) is -0.0313. The van der Waals surface area contributed by atoms with Crippen molar-refractivity contribution in [3.05, 3.63) is 35.4 Å². The van der Waals surface area contributed by atoms with Gasteiger partial charge >= 0.3 is 5.97 Å². The second kappa shape index (κ2) is 5.44. The highest BCUT2D eigenvalue weighted by molar-refractivity contribution is 7.99. The van der Waals surface area contributed by atoms with E-state index in [0.717, 1.165) is 18.8 Å². The summed E-state index contributed by atoms with van der Waals surface area (Å²) in [6, 6.07) is 6.10. The Hall–Kier alpha value is -1.49. The molecule has 1 aliphatic rings. The number of hydrogen-bond donors (Lipinski definition) is 1. The first-order valence-corrected chi connectivity index (χ1v) is 6.87. The van der Waals surface area contributed by atoms with Crippen molar-refractivity contribution in [2.24, 2.45) is 0 Å². The Morgan fingerprint density at radius 3 is 2.44 bits per heavy atom. The average molecular weight is 265 g/mol. The number of rotatable bonds is 2. The lowest BCUT2D eigenvalue weighted by Crippen LogP contribution is -2.41. The van der Waals surface area contributed by atoms with Gasteiger partial charge in [0.2, 0.25) is 0 Å². The quantitative estimate of drug-likeness (QED) is 0.888. The normalized spacial score (nSPS) is 19.6. The number of benzene rings is 1. The molecular formula is C13H15NO3S. The molecule has 1 amide bonds. The summed E-state index contributed by atoms with van der Waals surface area (Å²) in [5, 5.41) is 9.26. The van der Waals surface area contributed by atoms with Crippen LogP contribution in [0.5, 0.6) is 0 Å². The van der Waals surface area contributed by atoms with Crippen LogP contribution < -0.4 is 0 Å². The second-order valence-electron chi connectivity index (χ2n) is 4.32. The van der Waals surface area contributed by atoms with Crippen molar-refractivity contribution >= 4 is 23.6 Å². The van der Waals surface area contributed by atoms with Crippen LogP contribution in [0.4, 0.5) is 0 Å². The summed E-state index contributed by atoms with van der Waals surface area (Å²) in [7, 11) is 0. The topological polar surface area (TPSA) is 57.6 Å². The Morgan fingerprint density at radius 2 is 1.89 bits per heavy atom. The number of thioether (sulfide) groups is 1. The number of nitrogens with zero attached hydrogens (tertiary/aromatic N) is 1. The van der Waals surface area contributed by atoms with Crippen LogP contribution in [-0.4, -0.2) is 46.0 Å². The first-order valence-electron chi connectivity index (χ1n) is 5.82. The zero-order valence-electron chi connectivity index (χ0n) is 10.1. The second-order valence-corrected chi connectivity index (χ2v) is 5.86. The van der Waals surface area contributed by atoms with E-state index in [1.165, 1.54) is 12.1 Å². The lowest BCUT2D eigenvalue weighted by molar-refractivity contribution is 0.0694. The fraction of sp³-hybridized carbons (Fsp3) is 0.385. The number of carbonyl (C=O) groups is 2. The molecule has 0 bridgehead atoms. The lowest BCUT2D eigenvalue weighted by atomic mass is 10.1. The van der Waals surface area contributed by atoms with Gasteiger partial charge in [-0.1, -0.05) is 6.92 Å². The van der Waals surface area contributed by atoms with E-state index in [2.05, 4.69) is 6.92 Å². The van der Waals surface area contributed by atoms with Crippen molar-refractivity contribution in [3.8, 4) is 0 Å². The Bertz CT molecular complexity index is 458. The zero-order valence-corrected chi connectivity index (χ0v) is 10.9. The average Bonchev–Trinajstić information content (AvgIpc) is 2.38. The van der Waals surface area contributed by atoms with Crippen molar-refractivity contribution < 1.29 is 14.7 Å². The molecule has 1 fully saturated rings. The Kier molecular flexibility index (Phi) is 3.91. The van der Waals surface area contributed by atoms with E-state index in [0.29, 0.717) is 10.8 Å². The van der Waals surface area contributed by atoms with Gasteiger partial charge in [0.05, 0.1) is 5.56 Å². The minimum absolute atomic E-state index is 0.0147. The van der Waals surface area contributed by atoms with Gasteiger partial charge in [-0.3, -0.25) is 4.79 Å². The number of hydrogen-bond acceptors (Lipinski definition) is 3. The predicted octanol–water partition coefficient (Wildman–Crippen LogP) is 1.96. The van der Waals surface area contributed by atoms with Crippen LogP contribution in [0, 0.1) is 0 Å². The smallest absolute Gasteiger partial charge is 0.335 e.